The van der Waals surface area contributed by atoms with Gasteiger partial charge in [-0.25, -0.2) is 8.42 Å². The third-order valence-corrected chi connectivity index (χ3v) is 6.47. The van der Waals surface area contributed by atoms with Crippen molar-refractivity contribution in [1.82, 2.24) is 14.6 Å². The third-order valence-electron chi connectivity index (χ3n) is 2.94. The summed E-state index contributed by atoms with van der Waals surface area (Å²) in [6.45, 7) is 5.41. The molecule has 1 saturated heterocycles. The molecule has 2 rings (SSSR count). The molecule has 0 aliphatic carbocycles. The highest BCUT2D eigenvalue weighted by Gasteiger charge is 2.36. The predicted octanol–water partition coefficient (Wildman–Crippen LogP) is 0.117. The average Bonchev–Trinajstić information content (AvgIpc) is 2.55. The summed E-state index contributed by atoms with van der Waals surface area (Å²) in [7, 11) is -3.55. The van der Waals surface area contributed by atoms with E-state index in [2.05, 4.69) is 10.3 Å². The van der Waals surface area contributed by atoms with Crippen LogP contribution in [0, 0.1) is 6.92 Å². The molecule has 2 heterocycles. The SMILES string of the molecule is CCCN(C1CNC1)S(=O)(=O)c1sc(=O)[nH]c1C. The van der Waals surface area contributed by atoms with Crippen LogP contribution in [0.5, 0.6) is 0 Å². The minimum absolute atomic E-state index is 0.00607. The van der Waals surface area contributed by atoms with Crippen molar-refractivity contribution in [2.24, 2.45) is 0 Å². The molecule has 0 spiro atoms. The Kier molecular flexibility index (Phi) is 3.90. The summed E-state index contributed by atoms with van der Waals surface area (Å²) in [5.41, 5.74) is 0.429. The first-order valence-corrected chi connectivity index (χ1v) is 8.14. The van der Waals surface area contributed by atoms with Gasteiger partial charge in [0.1, 0.15) is 0 Å². The lowest BCUT2D eigenvalue weighted by Gasteiger charge is -2.36. The lowest BCUT2D eigenvalue weighted by atomic mass is 10.2. The van der Waals surface area contributed by atoms with Gasteiger partial charge in [0.05, 0.1) is 6.04 Å². The van der Waals surface area contributed by atoms with Crippen molar-refractivity contribution in [3.05, 3.63) is 15.4 Å². The number of nitrogens with zero attached hydrogens (tertiary/aromatic N) is 1. The molecule has 0 bridgehead atoms. The zero-order valence-electron chi connectivity index (χ0n) is 10.4. The van der Waals surface area contributed by atoms with Crippen LogP contribution in [-0.2, 0) is 10.0 Å². The molecule has 18 heavy (non-hydrogen) atoms. The Bertz CT molecular complexity index is 571. The second-order valence-corrected chi connectivity index (χ2v) is 7.42. The second kappa shape index (κ2) is 5.12. The van der Waals surface area contributed by atoms with Crippen molar-refractivity contribution < 1.29 is 8.42 Å². The maximum absolute atomic E-state index is 12.5. The van der Waals surface area contributed by atoms with Crippen LogP contribution in [0.4, 0.5) is 0 Å². The summed E-state index contributed by atoms with van der Waals surface area (Å²) >= 11 is 0.766. The van der Waals surface area contributed by atoms with Gasteiger partial charge in [-0.3, -0.25) is 4.79 Å². The first-order chi connectivity index (χ1) is 8.46. The van der Waals surface area contributed by atoms with Crippen LogP contribution in [0.25, 0.3) is 0 Å². The largest absolute Gasteiger partial charge is 0.315 e. The third kappa shape index (κ3) is 2.37. The van der Waals surface area contributed by atoms with E-state index in [1.807, 2.05) is 6.92 Å². The Balaban J connectivity index is 2.38. The van der Waals surface area contributed by atoms with Gasteiger partial charge in [-0.05, 0) is 13.3 Å². The van der Waals surface area contributed by atoms with Crippen molar-refractivity contribution in [2.45, 2.75) is 30.5 Å². The van der Waals surface area contributed by atoms with E-state index in [1.165, 1.54) is 4.31 Å². The molecule has 1 fully saturated rings. The molecule has 8 heteroatoms. The molecule has 0 unspecified atom stereocenters. The number of sulfonamides is 1. The van der Waals surface area contributed by atoms with Crippen LogP contribution >= 0.6 is 11.3 Å². The van der Waals surface area contributed by atoms with Crippen LogP contribution in [0.15, 0.2) is 9.00 Å². The molecule has 102 valence electrons. The Morgan fingerprint density at radius 2 is 2.11 bits per heavy atom. The monoisotopic (exact) mass is 291 g/mol. The lowest BCUT2D eigenvalue weighted by Crippen LogP contribution is -2.58. The van der Waals surface area contributed by atoms with Crippen LogP contribution in [0.2, 0.25) is 0 Å². The summed E-state index contributed by atoms with van der Waals surface area (Å²) in [4.78, 5) is 13.5. The van der Waals surface area contributed by atoms with Gasteiger partial charge in [-0.2, -0.15) is 4.31 Å². The number of aromatic nitrogens is 1. The number of aromatic amines is 1. The molecule has 6 nitrogen and oxygen atoms in total. The maximum Gasteiger partial charge on any atom is 0.305 e. The molecular formula is C10H17N3O3S2. The molecule has 1 aliphatic heterocycles. The number of hydrogen-bond acceptors (Lipinski definition) is 5. The highest BCUT2D eigenvalue weighted by atomic mass is 32.2. The van der Waals surface area contributed by atoms with Gasteiger partial charge in [0.15, 0.2) is 4.21 Å². The van der Waals surface area contributed by atoms with Gasteiger partial charge in [0.2, 0.25) is 0 Å². The number of aryl methyl sites for hydroxylation is 1. The molecule has 0 saturated carbocycles. The lowest BCUT2D eigenvalue weighted by molar-refractivity contribution is 0.242. The van der Waals surface area contributed by atoms with Crippen molar-refractivity contribution >= 4 is 21.4 Å². The Morgan fingerprint density at radius 1 is 1.44 bits per heavy atom. The van der Waals surface area contributed by atoms with Crippen LogP contribution in [0.1, 0.15) is 19.0 Å². The summed E-state index contributed by atoms with van der Waals surface area (Å²) < 4.78 is 26.7. The Labute approximate surface area is 110 Å². The number of rotatable bonds is 5. The summed E-state index contributed by atoms with van der Waals surface area (Å²) in [6.07, 6.45) is 0.758. The molecular weight excluding hydrogens is 274 g/mol. The smallest absolute Gasteiger partial charge is 0.305 e. The topological polar surface area (TPSA) is 82.3 Å². The second-order valence-electron chi connectivity index (χ2n) is 4.35. The number of hydrogen-bond donors (Lipinski definition) is 2. The van der Waals surface area contributed by atoms with Gasteiger partial charge in [-0.15, -0.1) is 0 Å². The standard InChI is InChI=1S/C10H17N3O3S2/c1-3-4-13(8-5-11-6-8)18(15,16)9-7(2)12-10(14)17-9/h8,11H,3-6H2,1-2H3,(H,12,14). The number of H-pyrrole nitrogens is 1. The quantitative estimate of drug-likeness (QED) is 0.807. The van der Waals surface area contributed by atoms with Crippen LogP contribution in [0.3, 0.4) is 0 Å². The first-order valence-electron chi connectivity index (χ1n) is 5.89. The molecule has 2 N–H and O–H groups in total. The number of nitrogens with one attached hydrogen (secondary N) is 2. The predicted molar refractivity (Wildman–Crippen MR) is 70.5 cm³/mol. The first kappa shape index (κ1) is 13.7. The average molecular weight is 291 g/mol. The summed E-state index contributed by atoms with van der Waals surface area (Å²) in [5.74, 6) is 0. The minimum Gasteiger partial charge on any atom is -0.315 e. The fraction of sp³-hybridized carbons (Fsp3) is 0.700. The van der Waals surface area contributed by atoms with Gasteiger partial charge >= 0.3 is 4.87 Å². The molecule has 1 aromatic rings. The van der Waals surface area contributed by atoms with Gasteiger partial charge in [-0.1, -0.05) is 18.3 Å². The minimum atomic E-state index is -3.55. The number of thiazole rings is 1. The Morgan fingerprint density at radius 3 is 2.50 bits per heavy atom. The highest BCUT2D eigenvalue weighted by Crippen LogP contribution is 2.24. The normalized spacial score (nSPS) is 17.1. The molecule has 0 radical (unpaired) electrons. The van der Waals surface area contributed by atoms with Crippen molar-refractivity contribution in [2.75, 3.05) is 19.6 Å². The molecule has 0 amide bonds. The van der Waals surface area contributed by atoms with E-state index in [0.29, 0.717) is 25.3 Å². The molecule has 0 atom stereocenters. The van der Waals surface area contributed by atoms with Gasteiger partial charge in [0, 0.05) is 25.3 Å². The van der Waals surface area contributed by atoms with Crippen LogP contribution < -0.4 is 10.2 Å². The van der Waals surface area contributed by atoms with E-state index in [0.717, 1.165) is 17.8 Å². The Hall–Kier alpha value is -0.700. The van der Waals surface area contributed by atoms with Crippen molar-refractivity contribution in [1.29, 1.82) is 0 Å². The van der Waals surface area contributed by atoms with E-state index in [4.69, 9.17) is 0 Å². The molecule has 0 aromatic carbocycles. The zero-order valence-corrected chi connectivity index (χ0v) is 12.0. The molecule has 1 aromatic heterocycles. The van der Waals surface area contributed by atoms with Gasteiger partial charge < -0.3 is 10.3 Å². The van der Waals surface area contributed by atoms with Crippen LogP contribution in [-0.4, -0.2) is 43.4 Å². The van der Waals surface area contributed by atoms with E-state index < -0.39 is 10.0 Å². The van der Waals surface area contributed by atoms with E-state index in [-0.39, 0.29) is 15.1 Å². The fourth-order valence-corrected chi connectivity index (χ4v) is 5.07. The summed E-state index contributed by atoms with van der Waals surface area (Å²) in [6, 6.07) is 0.00607. The fourth-order valence-electron chi connectivity index (χ4n) is 1.94. The van der Waals surface area contributed by atoms with Gasteiger partial charge in [0.25, 0.3) is 10.0 Å². The van der Waals surface area contributed by atoms with E-state index >= 15 is 0 Å². The maximum atomic E-state index is 12.5. The van der Waals surface area contributed by atoms with Crippen molar-refractivity contribution in [3.63, 3.8) is 0 Å². The van der Waals surface area contributed by atoms with E-state index in [1.54, 1.807) is 6.92 Å². The summed E-state index contributed by atoms with van der Waals surface area (Å²) in [5, 5.41) is 3.07. The van der Waals surface area contributed by atoms with E-state index in [9.17, 15) is 13.2 Å². The highest BCUT2D eigenvalue weighted by molar-refractivity contribution is 7.91. The zero-order chi connectivity index (χ0) is 13.3. The van der Waals surface area contributed by atoms with Crippen molar-refractivity contribution in [3.8, 4) is 0 Å². The molecule has 1 aliphatic rings.